The van der Waals surface area contributed by atoms with Gasteiger partial charge in [-0.2, -0.15) is 0 Å². The first kappa shape index (κ1) is 6.40. The maximum absolute atomic E-state index is 10.2. The summed E-state index contributed by atoms with van der Waals surface area (Å²) in [4.78, 5) is 10.2. The molecule has 0 aromatic carbocycles. The van der Waals surface area contributed by atoms with Crippen LogP contribution in [0.5, 0.6) is 0 Å². The lowest BCUT2D eigenvalue weighted by Crippen LogP contribution is -2.35. The van der Waals surface area contributed by atoms with E-state index in [0.717, 1.165) is 16.5 Å². The number of nitrogens with zero attached hydrogens (tertiary/aromatic N) is 1. The number of rotatable bonds is 1. The minimum absolute atomic E-state index is 0.211. The van der Waals surface area contributed by atoms with Crippen molar-refractivity contribution in [3.05, 3.63) is 11.1 Å². The summed E-state index contributed by atoms with van der Waals surface area (Å²) in [6.07, 6.45) is 0. The number of carbonyl (C=O) groups is 1. The van der Waals surface area contributed by atoms with Gasteiger partial charge in [-0.05, 0) is 11.9 Å². The number of hydrogen-bond donors (Lipinski definition) is 2. The molecule has 0 atom stereocenters. The zero-order valence-electron chi connectivity index (χ0n) is 4.42. The van der Waals surface area contributed by atoms with Crippen LogP contribution in [0.25, 0.3) is 0 Å². The van der Waals surface area contributed by atoms with Gasteiger partial charge in [0, 0.05) is 5.41 Å². The molecule has 0 saturated carbocycles. The highest BCUT2D eigenvalue weighted by Gasteiger charge is 2.14. The molecular formula is C3H5N4OS. The Morgan fingerprint density at radius 3 is 2.89 bits per heavy atom. The molecule has 0 aliphatic carbocycles. The topological polar surface area (TPSA) is 82.2 Å². The van der Waals surface area contributed by atoms with Crippen LogP contribution in [0.2, 0.25) is 0 Å². The molecule has 1 amide bonds. The molecule has 0 unspecified atom stereocenters. The van der Waals surface area contributed by atoms with Crippen LogP contribution in [0.1, 0.15) is 0 Å². The zero-order chi connectivity index (χ0) is 6.85. The second-order valence-electron chi connectivity index (χ2n) is 1.40. The predicted molar refractivity (Wildman–Crippen MR) is 32.9 cm³/mol. The second-order valence-corrected chi connectivity index (χ2v) is 2.24. The molecule has 0 bridgehead atoms. The lowest BCUT2D eigenvalue weighted by atomic mass is 10.5. The number of nitrogens with one attached hydrogen (secondary N) is 2. The Morgan fingerprint density at radius 2 is 2.67 bits per heavy atom. The molecule has 5 nitrogen and oxygen atoms in total. The summed E-state index contributed by atoms with van der Waals surface area (Å²) in [6.45, 7) is 0. The highest BCUT2D eigenvalue weighted by molar-refractivity contribution is 8.00. The first-order valence-electron chi connectivity index (χ1n) is 2.14. The summed E-state index contributed by atoms with van der Waals surface area (Å²) in [5.41, 5.74) is 9.26. The van der Waals surface area contributed by atoms with Crippen LogP contribution in [0.15, 0.2) is 11.1 Å². The summed E-state index contributed by atoms with van der Waals surface area (Å²) < 4.78 is 1.15. The summed E-state index contributed by atoms with van der Waals surface area (Å²) >= 11 is 1.13. The molecule has 1 aliphatic rings. The Morgan fingerprint density at radius 1 is 2.00 bits per heavy atom. The van der Waals surface area contributed by atoms with E-state index in [0.29, 0.717) is 0 Å². The van der Waals surface area contributed by atoms with Crippen molar-refractivity contribution in [1.29, 1.82) is 0 Å². The molecular weight excluding hydrogens is 140 g/mol. The van der Waals surface area contributed by atoms with Crippen molar-refractivity contribution in [2.45, 2.75) is 0 Å². The Kier molecular flexibility index (Phi) is 1.60. The van der Waals surface area contributed by atoms with E-state index in [-0.39, 0.29) is 5.70 Å². The lowest BCUT2D eigenvalue weighted by molar-refractivity contribution is -0.115. The third kappa shape index (κ3) is 1.35. The predicted octanol–water partition coefficient (Wildman–Crippen LogP) is -1.02. The van der Waals surface area contributed by atoms with Gasteiger partial charge in [-0.15, -0.1) is 0 Å². The van der Waals surface area contributed by atoms with Crippen LogP contribution in [0, 0.1) is 0 Å². The fraction of sp³-hybridized carbons (Fsp3) is 0. The van der Waals surface area contributed by atoms with E-state index in [2.05, 4.69) is 5.43 Å². The molecule has 4 N–H and O–H groups in total. The van der Waals surface area contributed by atoms with Crippen LogP contribution in [0.3, 0.4) is 0 Å². The van der Waals surface area contributed by atoms with E-state index in [4.69, 9.17) is 11.6 Å². The molecule has 0 saturated heterocycles. The van der Waals surface area contributed by atoms with Crippen LogP contribution in [-0.4, -0.2) is 10.4 Å². The van der Waals surface area contributed by atoms with Crippen molar-refractivity contribution in [1.82, 2.24) is 15.7 Å². The molecule has 0 fully saturated rings. The maximum atomic E-state index is 10.2. The summed E-state index contributed by atoms with van der Waals surface area (Å²) in [6, 6.07) is 0. The van der Waals surface area contributed by atoms with Crippen LogP contribution in [-0.2, 0) is 4.79 Å². The molecule has 0 aromatic rings. The first-order chi connectivity index (χ1) is 4.20. The van der Waals surface area contributed by atoms with Gasteiger partial charge in [0.05, 0.1) is 0 Å². The van der Waals surface area contributed by atoms with Crippen LogP contribution < -0.4 is 17.0 Å². The van der Waals surface area contributed by atoms with Gasteiger partial charge in [0.2, 0.25) is 0 Å². The van der Waals surface area contributed by atoms with E-state index < -0.39 is 5.91 Å². The molecule has 49 valence electrons. The normalized spacial score (nSPS) is 19.0. The van der Waals surface area contributed by atoms with Gasteiger partial charge in [-0.25, -0.2) is 5.84 Å². The van der Waals surface area contributed by atoms with E-state index in [1.807, 2.05) is 0 Å². The minimum atomic E-state index is -0.754. The quantitative estimate of drug-likeness (QED) is 0.364. The highest BCUT2D eigenvalue weighted by atomic mass is 32.2. The van der Waals surface area contributed by atoms with Gasteiger partial charge in [0.25, 0.3) is 5.91 Å². The smallest absolute Gasteiger partial charge is 0.287 e. The molecule has 1 aliphatic heterocycles. The monoisotopic (exact) mass is 145 g/mol. The standard InChI is InChI=1S/C3H5N4OS/c4-3(8)2-1-9-7(5)6-2/h1,4,6H,5H2. The molecule has 1 heterocycles. The molecule has 1 rings (SSSR count). The van der Waals surface area contributed by atoms with Gasteiger partial charge in [-0.3, -0.25) is 16.0 Å². The largest absolute Gasteiger partial charge is 0.290 e. The number of amides is 1. The summed E-state index contributed by atoms with van der Waals surface area (Å²) in [5.74, 6) is 4.41. The van der Waals surface area contributed by atoms with Crippen molar-refractivity contribution < 1.29 is 4.79 Å². The van der Waals surface area contributed by atoms with E-state index in [1.54, 1.807) is 0 Å². The third-order valence-corrected chi connectivity index (χ3v) is 1.42. The lowest BCUT2D eigenvalue weighted by Gasteiger charge is -2.05. The molecule has 6 heteroatoms. The number of nitrogens with two attached hydrogens (primary N) is 1. The zero-order valence-corrected chi connectivity index (χ0v) is 5.23. The number of hydrogen-bond acceptors (Lipinski definition) is 5. The van der Waals surface area contributed by atoms with Gasteiger partial charge in [0.1, 0.15) is 5.70 Å². The van der Waals surface area contributed by atoms with Gasteiger partial charge in [0.15, 0.2) is 0 Å². The second kappa shape index (κ2) is 2.26. The average molecular weight is 145 g/mol. The van der Waals surface area contributed by atoms with Gasteiger partial charge in [-0.1, -0.05) is 4.52 Å². The van der Waals surface area contributed by atoms with Crippen LogP contribution in [0.4, 0.5) is 0 Å². The van der Waals surface area contributed by atoms with Crippen molar-refractivity contribution in [2.75, 3.05) is 0 Å². The molecule has 9 heavy (non-hydrogen) atoms. The molecule has 0 spiro atoms. The Balaban J connectivity index is 2.55. The van der Waals surface area contributed by atoms with Crippen molar-refractivity contribution in [3.8, 4) is 0 Å². The third-order valence-electron chi connectivity index (χ3n) is 0.759. The van der Waals surface area contributed by atoms with Gasteiger partial charge >= 0.3 is 0 Å². The Hall–Kier alpha value is -0.720. The minimum Gasteiger partial charge on any atom is -0.290 e. The van der Waals surface area contributed by atoms with Crippen molar-refractivity contribution >= 4 is 17.9 Å². The fourth-order valence-corrected chi connectivity index (χ4v) is 0.915. The summed E-state index contributed by atoms with van der Waals surface area (Å²) in [7, 11) is 0. The Bertz CT molecular complexity index is 167. The molecule has 1 radical (unpaired) electrons. The average Bonchev–Trinajstić information content (AvgIpc) is 2.14. The van der Waals surface area contributed by atoms with E-state index in [1.165, 1.54) is 5.41 Å². The number of hydrazine groups is 2. The van der Waals surface area contributed by atoms with E-state index >= 15 is 0 Å². The van der Waals surface area contributed by atoms with E-state index in [9.17, 15) is 4.79 Å². The maximum Gasteiger partial charge on any atom is 0.287 e. The SMILES string of the molecule is [NH]C(=O)C1=CSN(N)N1. The Labute approximate surface area is 56.1 Å². The van der Waals surface area contributed by atoms with Gasteiger partial charge < -0.3 is 0 Å². The molecule has 0 aromatic heterocycles. The number of carbonyl (C=O) groups excluding carboxylic acids is 1. The fourth-order valence-electron chi connectivity index (χ4n) is 0.385. The van der Waals surface area contributed by atoms with Crippen LogP contribution >= 0.6 is 11.9 Å². The highest BCUT2D eigenvalue weighted by Crippen LogP contribution is 2.13. The van der Waals surface area contributed by atoms with Crippen molar-refractivity contribution in [3.63, 3.8) is 0 Å². The first-order valence-corrected chi connectivity index (χ1v) is 2.98. The summed E-state index contributed by atoms with van der Waals surface area (Å²) in [5, 5.41) is 1.48. The van der Waals surface area contributed by atoms with Crippen molar-refractivity contribution in [2.24, 2.45) is 5.84 Å².